The Morgan fingerprint density at radius 2 is 1.25 bits per heavy atom. The number of phenolic OH excluding ortho intramolecular Hbond substituents is 2. The second kappa shape index (κ2) is 12.9. The Morgan fingerprint density at radius 3 is 1.81 bits per heavy atom. The van der Waals surface area contributed by atoms with E-state index in [9.17, 15) is 15.3 Å². The van der Waals surface area contributed by atoms with Crippen molar-refractivity contribution in [1.29, 1.82) is 0 Å². The number of phenols is 2. The Kier molecular flexibility index (Phi) is 11.3. The summed E-state index contributed by atoms with van der Waals surface area (Å²) < 4.78 is 0. The molecule has 0 aliphatic carbocycles. The molecule has 3 nitrogen and oxygen atoms in total. The standard InChI is InChI=1S/C29H46O3/c1-20(2)12-9-13-21(3)14-10-15-22(4)16-11-18-29(8,32)19-17-26-24(6)23(5)25(7)27(30)28(26)31/h12,14,16,30-32H,9-11,13,15,17-19H2,1-8H3. The first kappa shape index (κ1) is 28.0. The lowest BCUT2D eigenvalue weighted by Gasteiger charge is -2.24. The maximum atomic E-state index is 10.8. The molecule has 1 unspecified atom stereocenters. The van der Waals surface area contributed by atoms with Gasteiger partial charge in [-0.2, -0.15) is 0 Å². The fraction of sp³-hybridized carbons (Fsp3) is 0.586. The Morgan fingerprint density at radius 1 is 0.719 bits per heavy atom. The molecule has 0 aliphatic heterocycles. The van der Waals surface area contributed by atoms with Gasteiger partial charge in [0.15, 0.2) is 11.5 Å². The molecule has 32 heavy (non-hydrogen) atoms. The van der Waals surface area contributed by atoms with Gasteiger partial charge in [-0.15, -0.1) is 0 Å². The van der Waals surface area contributed by atoms with Crippen LogP contribution in [0.25, 0.3) is 0 Å². The zero-order chi connectivity index (χ0) is 24.5. The molecule has 0 saturated heterocycles. The summed E-state index contributed by atoms with van der Waals surface area (Å²) in [6, 6.07) is 0. The highest BCUT2D eigenvalue weighted by Crippen LogP contribution is 2.39. The van der Waals surface area contributed by atoms with Gasteiger partial charge in [-0.25, -0.2) is 0 Å². The van der Waals surface area contributed by atoms with E-state index in [0.717, 1.165) is 48.8 Å². The second-order valence-corrected chi connectivity index (χ2v) is 10.0. The van der Waals surface area contributed by atoms with Gasteiger partial charge in [0.05, 0.1) is 5.60 Å². The van der Waals surface area contributed by atoms with Crippen molar-refractivity contribution in [3.05, 3.63) is 57.2 Å². The van der Waals surface area contributed by atoms with Gasteiger partial charge >= 0.3 is 0 Å². The van der Waals surface area contributed by atoms with Gasteiger partial charge in [-0.05, 0) is 123 Å². The van der Waals surface area contributed by atoms with Crippen LogP contribution < -0.4 is 0 Å². The number of rotatable bonds is 12. The van der Waals surface area contributed by atoms with Gasteiger partial charge in [0.1, 0.15) is 0 Å². The van der Waals surface area contributed by atoms with Gasteiger partial charge < -0.3 is 15.3 Å². The molecular weight excluding hydrogens is 396 g/mol. The Balaban J connectivity index is 2.53. The SMILES string of the molecule is CC(C)=CCCC(C)=CCCC(C)=CCCC(C)(O)CCc1c(C)c(C)c(C)c(O)c1O. The number of aliphatic hydroxyl groups is 1. The molecule has 180 valence electrons. The first-order valence-corrected chi connectivity index (χ1v) is 12.0. The van der Waals surface area contributed by atoms with E-state index in [1.165, 1.54) is 16.7 Å². The fourth-order valence-electron chi connectivity index (χ4n) is 3.98. The molecule has 0 aliphatic rings. The second-order valence-electron chi connectivity index (χ2n) is 10.0. The van der Waals surface area contributed by atoms with Crippen LogP contribution in [0, 0.1) is 20.8 Å². The lowest BCUT2D eigenvalue weighted by atomic mass is 9.88. The molecule has 1 aromatic carbocycles. The van der Waals surface area contributed by atoms with Crippen LogP contribution >= 0.6 is 0 Å². The Bertz CT molecular complexity index is 821. The third-order valence-electron chi connectivity index (χ3n) is 6.66. The monoisotopic (exact) mass is 442 g/mol. The first-order valence-electron chi connectivity index (χ1n) is 12.0. The molecule has 3 N–H and O–H groups in total. The summed E-state index contributed by atoms with van der Waals surface area (Å²) in [5.41, 5.74) is 6.83. The summed E-state index contributed by atoms with van der Waals surface area (Å²) in [7, 11) is 0. The lowest BCUT2D eigenvalue weighted by molar-refractivity contribution is 0.0431. The van der Waals surface area contributed by atoms with E-state index < -0.39 is 5.60 Å². The van der Waals surface area contributed by atoms with Crippen molar-refractivity contribution in [1.82, 2.24) is 0 Å². The van der Waals surface area contributed by atoms with E-state index in [0.29, 0.717) is 24.8 Å². The van der Waals surface area contributed by atoms with E-state index in [1.54, 1.807) is 0 Å². The summed E-state index contributed by atoms with van der Waals surface area (Å²) in [5.74, 6) is -0.0798. The number of hydrogen-bond acceptors (Lipinski definition) is 3. The average molecular weight is 443 g/mol. The van der Waals surface area contributed by atoms with Gasteiger partial charge in [-0.3, -0.25) is 0 Å². The predicted octanol–water partition coefficient (Wildman–Crippen LogP) is 7.91. The summed E-state index contributed by atoms with van der Waals surface area (Å²) in [5, 5.41) is 31.4. The van der Waals surface area contributed by atoms with Crippen molar-refractivity contribution in [3.63, 3.8) is 0 Å². The van der Waals surface area contributed by atoms with Crippen LogP contribution in [0.1, 0.15) is 102 Å². The van der Waals surface area contributed by atoms with Crippen molar-refractivity contribution in [3.8, 4) is 11.5 Å². The molecule has 0 heterocycles. The lowest BCUT2D eigenvalue weighted by Crippen LogP contribution is -2.24. The zero-order valence-electron chi connectivity index (χ0n) is 21.7. The summed E-state index contributed by atoms with van der Waals surface area (Å²) in [6.45, 7) is 16.3. The highest BCUT2D eigenvalue weighted by Gasteiger charge is 2.23. The van der Waals surface area contributed by atoms with Gasteiger partial charge in [0.2, 0.25) is 0 Å². The molecule has 0 amide bonds. The average Bonchev–Trinajstić information content (AvgIpc) is 2.70. The van der Waals surface area contributed by atoms with Crippen molar-refractivity contribution in [2.24, 2.45) is 0 Å². The summed E-state index contributed by atoms with van der Waals surface area (Å²) in [6.07, 6.45) is 13.8. The van der Waals surface area contributed by atoms with E-state index in [1.807, 2.05) is 27.7 Å². The van der Waals surface area contributed by atoms with Gasteiger partial charge in [-0.1, -0.05) is 34.9 Å². The van der Waals surface area contributed by atoms with Crippen molar-refractivity contribution >= 4 is 0 Å². The normalized spacial score (nSPS) is 14.4. The van der Waals surface area contributed by atoms with Crippen LogP contribution in [0.2, 0.25) is 0 Å². The van der Waals surface area contributed by atoms with E-state index in [2.05, 4.69) is 45.9 Å². The summed E-state index contributed by atoms with van der Waals surface area (Å²) in [4.78, 5) is 0. The molecule has 1 atom stereocenters. The third-order valence-corrected chi connectivity index (χ3v) is 6.66. The quantitative estimate of drug-likeness (QED) is 0.228. The number of allylic oxidation sites excluding steroid dienone is 6. The van der Waals surface area contributed by atoms with Crippen molar-refractivity contribution in [2.75, 3.05) is 0 Å². The molecule has 3 heteroatoms. The molecule has 0 fully saturated rings. The molecular formula is C29H46O3. The number of hydrogen-bond donors (Lipinski definition) is 3. The zero-order valence-corrected chi connectivity index (χ0v) is 21.7. The van der Waals surface area contributed by atoms with E-state index in [4.69, 9.17) is 0 Å². The molecule has 1 rings (SSSR count). The van der Waals surface area contributed by atoms with Crippen LogP contribution in [-0.2, 0) is 6.42 Å². The minimum Gasteiger partial charge on any atom is -0.504 e. The van der Waals surface area contributed by atoms with Gasteiger partial charge in [0, 0.05) is 5.56 Å². The minimum atomic E-state index is -0.814. The smallest absolute Gasteiger partial charge is 0.161 e. The number of aromatic hydroxyl groups is 2. The molecule has 1 aromatic rings. The minimum absolute atomic E-state index is 0.0393. The van der Waals surface area contributed by atoms with Crippen LogP contribution in [-0.4, -0.2) is 20.9 Å². The Hall–Kier alpha value is -2.00. The van der Waals surface area contributed by atoms with Crippen LogP contribution in [0.3, 0.4) is 0 Å². The topological polar surface area (TPSA) is 60.7 Å². The van der Waals surface area contributed by atoms with Crippen molar-refractivity contribution in [2.45, 2.75) is 112 Å². The number of benzene rings is 1. The predicted molar refractivity (Wildman–Crippen MR) is 138 cm³/mol. The van der Waals surface area contributed by atoms with Crippen LogP contribution in [0.15, 0.2) is 34.9 Å². The van der Waals surface area contributed by atoms with Gasteiger partial charge in [0.25, 0.3) is 0 Å². The van der Waals surface area contributed by atoms with Crippen LogP contribution in [0.4, 0.5) is 0 Å². The van der Waals surface area contributed by atoms with E-state index >= 15 is 0 Å². The highest BCUT2D eigenvalue weighted by atomic mass is 16.3. The first-order chi connectivity index (χ1) is 14.9. The molecule has 0 spiro atoms. The van der Waals surface area contributed by atoms with Crippen molar-refractivity contribution < 1.29 is 15.3 Å². The maximum Gasteiger partial charge on any atom is 0.161 e. The highest BCUT2D eigenvalue weighted by molar-refractivity contribution is 5.57. The fourth-order valence-corrected chi connectivity index (χ4v) is 3.98. The molecule has 0 bridgehead atoms. The van der Waals surface area contributed by atoms with E-state index in [-0.39, 0.29) is 11.5 Å². The molecule has 0 saturated carbocycles. The largest absolute Gasteiger partial charge is 0.504 e. The molecule has 0 aromatic heterocycles. The summed E-state index contributed by atoms with van der Waals surface area (Å²) >= 11 is 0. The third kappa shape index (κ3) is 9.24. The Labute approximate surface area is 196 Å². The molecule has 0 radical (unpaired) electrons. The van der Waals surface area contributed by atoms with Crippen LogP contribution in [0.5, 0.6) is 11.5 Å². The maximum absolute atomic E-state index is 10.8.